The number of aryl methyl sites for hydroxylation is 1. The van der Waals surface area contributed by atoms with Crippen LogP contribution in [-0.2, 0) is 9.53 Å². The number of hydrogen-bond donors (Lipinski definition) is 1. The Bertz CT molecular complexity index is 764. The van der Waals surface area contributed by atoms with E-state index in [1.54, 1.807) is 26.8 Å². The third-order valence-corrected chi connectivity index (χ3v) is 2.94. The molecule has 0 bridgehead atoms. The predicted molar refractivity (Wildman–Crippen MR) is 84.2 cm³/mol. The van der Waals surface area contributed by atoms with Crippen molar-refractivity contribution in [1.82, 2.24) is 4.98 Å². The van der Waals surface area contributed by atoms with Crippen LogP contribution in [0, 0.1) is 6.92 Å². The van der Waals surface area contributed by atoms with E-state index in [0.29, 0.717) is 10.9 Å². The minimum Gasteiger partial charge on any atom is -0.457 e. The highest BCUT2D eigenvalue weighted by Crippen LogP contribution is 2.12. The van der Waals surface area contributed by atoms with Gasteiger partial charge in [0.15, 0.2) is 5.43 Å². The number of carbonyl (C=O) groups excluding carboxylic acids is 1. The summed E-state index contributed by atoms with van der Waals surface area (Å²) in [6.07, 6.45) is 2.80. The summed E-state index contributed by atoms with van der Waals surface area (Å²) in [6, 6.07) is 7.30. The van der Waals surface area contributed by atoms with Gasteiger partial charge in [-0.25, -0.2) is 4.79 Å². The van der Waals surface area contributed by atoms with E-state index in [-0.39, 0.29) is 5.43 Å². The maximum atomic E-state index is 12.4. The molecule has 0 spiro atoms. The molecule has 1 N–H and O–H groups in total. The van der Waals surface area contributed by atoms with Crippen LogP contribution in [0.2, 0.25) is 0 Å². The van der Waals surface area contributed by atoms with Crippen molar-refractivity contribution in [2.24, 2.45) is 0 Å². The quantitative estimate of drug-likeness (QED) is 0.681. The third kappa shape index (κ3) is 3.60. The molecule has 0 aliphatic carbocycles. The zero-order chi connectivity index (χ0) is 15.6. The Balaban J connectivity index is 2.39. The fourth-order valence-electron chi connectivity index (χ4n) is 2.06. The summed E-state index contributed by atoms with van der Waals surface area (Å²) in [5.74, 6) is -0.463. The second kappa shape index (κ2) is 5.56. The first-order valence-electron chi connectivity index (χ1n) is 6.80. The lowest BCUT2D eigenvalue weighted by Gasteiger charge is -2.17. The first kappa shape index (κ1) is 15.0. The second-order valence-electron chi connectivity index (χ2n) is 5.91. The maximum Gasteiger partial charge on any atom is 0.331 e. The lowest BCUT2D eigenvalue weighted by Crippen LogP contribution is -2.22. The molecule has 0 amide bonds. The molecule has 1 heterocycles. The zero-order valence-corrected chi connectivity index (χ0v) is 12.7. The van der Waals surface area contributed by atoms with Crippen LogP contribution < -0.4 is 5.43 Å². The molecule has 0 aliphatic heterocycles. The van der Waals surface area contributed by atoms with E-state index < -0.39 is 11.6 Å². The number of nitrogens with one attached hydrogen (secondary N) is 1. The highest BCUT2D eigenvalue weighted by molar-refractivity contribution is 5.89. The molecule has 0 radical (unpaired) electrons. The molecule has 0 saturated carbocycles. The smallest absolute Gasteiger partial charge is 0.331 e. The monoisotopic (exact) mass is 285 g/mol. The zero-order valence-electron chi connectivity index (χ0n) is 12.7. The topological polar surface area (TPSA) is 59.2 Å². The number of para-hydroxylation sites is 1. The van der Waals surface area contributed by atoms with Crippen molar-refractivity contribution in [2.75, 3.05) is 0 Å². The molecule has 110 valence electrons. The van der Waals surface area contributed by atoms with Crippen LogP contribution in [0.1, 0.15) is 32.0 Å². The van der Waals surface area contributed by atoms with Crippen molar-refractivity contribution in [3.63, 3.8) is 0 Å². The SMILES string of the molecule is Cc1[nH]c2ccccc2c(=O)c1/C=C/C(=O)OC(C)(C)C. The van der Waals surface area contributed by atoms with Crippen LogP contribution in [0.15, 0.2) is 35.1 Å². The Hall–Kier alpha value is -2.36. The molecule has 0 atom stereocenters. The summed E-state index contributed by atoms with van der Waals surface area (Å²) in [7, 11) is 0. The van der Waals surface area contributed by atoms with Gasteiger partial charge in [0.1, 0.15) is 5.60 Å². The van der Waals surface area contributed by atoms with Gasteiger partial charge in [0, 0.05) is 28.2 Å². The summed E-state index contributed by atoms with van der Waals surface area (Å²) < 4.78 is 5.19. The molecule has 0 saturated heterocycles. The molecular formula is C17H19NO3. The van der Waals surface area contributed by atoms with Crippen LogP contribution >= 0.6 is 0 Å². The van der Waals surface area contributed by atoms with Gasteiger partial charge in [-0.05, 0) is 45.9 Å². The number of ether oxygens (including phenoxy) is 1. The molecule has 4 nitrogen and oxygen atoms in total. The largest absolute Gasteiger partial charge is 0.457 e. The van der Waals surface area contributed by atoms with Crippen molar-refractivity contribution in [3.05, 3.63) is 51.8 Å². The summed E-state index contributed by atoms with van der Waals surface area (Å²) in [6.45, 7) is 7.20. The predicted octanol–water partition coefficient (Wildman–Crippen LogP) is 3.19. The van der Waals surface area contributed by atoms with E-state index in [2.05, 4.69) is 4.98 Å². The van der Waals surface area contributed by atoms with Crippen molar-refractivity contribution < 1.29 is 9.53 Å². The molecule has 1 aromatic heterocycles. The highest BCUT2D eigenvalue weighted by atomic mass is 16.6. The molecule has 21 heavy (non-hydrogen) atoms. The standard InChI is InChI=1S/C17H19NO3/c1-11-12(9-10-15(19)21-17(2,3)4)16(20)13-7-5-6-8-14(13)18-11/h5-10H,1-4H3,(H,18,20)/b10-9+. The Morgan fingerprint density at radius 1 is 1.24 bits per heavy atom. The summed E-state index contributed by atoms with van der Waals surface area (Å²) in [5.41, 5.74) is 1.33. The van der Waals surface area contributed by atoms with Gasteiger partial charge in [-0.15, -0.1) is 0 Å². The first-order chi connectivity index (χ1) is 9.78. The number of carbonyl (C=O) groups is 1. The summed E-state index contributed by atoms with van der Waals surface area (Å²) in [4.78, 5) is 27.3. The fraction of sp³-hybridized carbons (Fsp3) is 0.294. The van der Waals surface area contributed by atoms with E-state index in [4.69, 9.17) is 4.74 Å². The average Bonchev–Trinajstić information content (AvgIpc) is 2.36. The van der Waals surface area contributed by atoms with E-state index in [1.165, 1.54) is 12.2 Å². The Morgan fingerprint density at radius 2 is 1.90 bits per heavy atom. The van der Waals surface area contributed by atoms with E-state index >= 15 is 0 Å². The molecule has 2 rings (SSSR count). The van der Waals surface area contributed by atoms with Crippen molar-refractivity contribution in [1.29, 1.82) is 0 Å². The number of H-pyrrole nitrogens is 1. The van der Waals surface area contributed by atoms with Gasteiger partial charge in [0.2, 0.25) is 0 Å². The molecule has 0 aliphatic rings. The van der Waals surface area contributed by atoms with Gasteiger partial charge >= 0.3 is 5.97 Å². The Morgan fingerprint density at radius 3 is 2.57 bits per heavy atom. The van der Waals surface area contributed by atoms with E-state index in [1.807, 2.05) is 25.1 Å². The fourth-order valence-corrected chi connectivity index (χ4v) is 2.06. The minimum absolute atomic E-state index is 0.0957. The van der Waals surface area contributed by atoms with Crippen LogP contribution in [0.3, 0.4) is 0 Å². The maximum absolute atomic E-state index is 12.4. The number of aromatic nitrogens is 1. The molecular weight excluding hydrogens is 266 g/mol. The Labute approximate surface area is 123 Å². The van der Waals surface area contributed by atoms with Crippen molar-refractivity contribution in [3.8, 4) is 0 Å². The lowest BCUT2D eigenvalue weighted by molar-refractivity contribution is -0.148. The molecule has 4 heteroatoms. The van der Waals surface area contributed by atoms with Crippen LogP contribution in [0.25, 0.3) is 17.0 Å². The summed E-state index contributed by atoms with van der Waals surface area (Å²) in [5, 5.41) is 0.604. The highest BCUT2D eigenvalue weighted by Gasteiger charge is 2.14. The van der Waals surface area contributed by atoms with Gasteiger partial charge in [0.05, 0.1) is 0 Å². The minimum atomic E-state index is -0.549. The molecule has 0 fully saturated rings. The van der Waals surface area contributed by atoms with Gasteiger partial charge < -0.3 is 9.72 Å². The number of esters is 1. The number of hydrogen-bond acceptors (Lipinski definition) is 3. The number of pyridine rings is 1. The van der Waals surface area contributed by atoms with Crippen LogP contribution in [0.4, 0.5) is 0 Å². The molecule has 1 aromatic carbocycles. The normalized spacial score (nSPS) is 12.0. The van der Waals surface area contributed by atoms with Gasteiger partial charge in [-0.2, -0.15) is 0 Å². The van der Waals surface area contributed by atoms with Crippen molar-refractivity contribution >= 4 is 22.9 Å². The van der Waals surface area contributed by atoms with Crippen LogP contribution in [-0.4, -0.2) is 16.6 Å². The van der Waals surface area contributed by atoms with Gasteiger partial charge in [-0.3, -0.25) is 4.79 Å². The van der Waals surface area contributed by atoms with Crippen LogP contribution in [0.5, 0.6) is 0 Å². The molecule has 0 unspecified atom stereocenters. The number of fused-ring (bicyclic) bond motifs is 1. The first-order valence-corrected chi connectivity index (χ1v) is 6.80. The average molecular weight is 285 g/mol. The molecule has 2 aromatic rings. The lowest BCUT2D eigenvalue weighted by atomic mass is 10.1. The third-order valence-electron chi connectivity index (χ3n) is 2.94. The number of aromatic amines is 1. The number of rotatable bonds is 2. The second-order valence-corrected chi connectivity index (χ2v) is 5.91. The number of benzene rings is 1. The van der Waals surface area contributed by atoms with Crippen molar-refractivity contribution in [2.45, 2.75) is 33.3 Å². The van der Waals surface area contributed by atoms with E-state index in [0.717, 1.165) is 11.2 Å². The Kier molecular flexibility index (Phi) is 3.98. The van der Waals surface area contributed by atoms with Gasteiger partial charge in [0.25, 0.3) is 0 Å². The summed E-state index contributed by atoms with van der Waals surface area (Å²) >= 11 is 0. The van der Waals surface area contributed by atoms with E-state index in [9.17, 15) is 9.59 Å². The van der Waals surface area contributed by atoms with Gasteiger partial charge in [-0.1, -0.05) is 12.1 Å².